The van der Waals surface area contributed by atoms with E-state index in [2.05, 4.69) is 20.3 Å². The van der Waals surface area contributed by atoms with Crippen LogP contribution < -0.4 is 10.9 Å². The predicted octanol–water partition coefficient (Wildman–Crippen LogP) is 2.02. The molecule has 0 spiro atoms. The van der Waals surface area contributed by atoms with Gasteiger partial charge in [-0.2, -0.15) is 0 Å². The predicted molar refractivity (Wildman–Crippen MR) is 95.8 cm³/mol. The molecule has 2 aromatic heterocycles. The summed E-state index contributed by atoms with van der Waals surface area (Å²) in [5.74, 6) is -0.427. The molecular formula is C19H20N4O3. The Balaban J connectivity index is 1.75. The number of carbonyl (C=O) groups is 1. The van der Waals surface area contributed by atoms with Gasteiger partial charge in [-0.3, -0.25) is 9.59 Å². The molecule has 7 nitrogen and oxygen atoms in total. The highest BCUT2D eigenvalue weighted by Crippen LogP contribution is 2.06. The Hall–Kier alpha value is -3.22. The Morgan fingerprint density at radius 3 is 2.62 bits per heavy atom. The molecule has 1 aromatic carbocycles. The van der Waals surface area contributed by atoms with Crippen molar-refractivity contribution in [3.05, 3.63) is 81.0 Å². The fraction of sp³-hybridized carbons (Fsp3) is 0.263. The number of nitrogens with zero attached hydrogens (tertiary/aromatic N) is 3. The van der Waals surface area contributed by atoms with Crippen LogP contribution in [0.25, 0.3) is 0 Å². The molecule has 1 N–H and O–H groups in total. The lowest BCUT2D eigenvalue weighted by molar-refractivity contribution is 0.0947. The van der Waals surface area contributed by atoms with Crippen LogP contribution in [-0.4, -0.2) is 20.8 Å². The third-order valence-electron chi connectivity index (χ3n) is 4.25. The number of hydrogen-bond acceptors (Lipinski definition) is 5. The molecule has 0 saturated heterocycles. The minimum absolute atomic E-state index is 0.148. The third kappa shape index (κ3) is 3.88. The fourth-order valence-corrected chi connectivity index (χ4v) is 2.67. The van der Waals surface area contributed by atoms with E-state index in [4.69, 9.17) is 0 Å². The van der Waals surface area contributed by atoms with Gasteiger partial charge in [-0.05, 0) is 37.5 Å². The van der Waals surface area contributed by atoms with Gasteiger partial charge in [0, 0.05) is 12.7 Å². The second kappa shape index (κ2) is 7.77. The average Bonchev–Trinajstić information content (AvgIpc) is 3.05. The largest absolute Gasteiger partial charge is 0.346 e. The molecular weight excluding hydrogens is 332 g/mol. The van der Waals surface area contributed by atoms with Crippen LogP contribution in [-0.2, 0) is 19.5 Å². The summed E-state index contributed by atoms with van der Waals surface area (Å²) in [5.41, 5.74) is 2.77. The van der Waals surface area contributed by atoms with Gasteiger partial charge in [-0.15, -0.1) is 0 Å². The molecule has 3 rings (SSSR count). The number of pyridine rings is 1. The Kier molecular flexibility index (Phi) is 5.26. The molecule has 2 heterocycles. The van der Waals surface area contributed by atoms with Gasteiger partial charge in [0.1, 0.15) is 17.0 Å². The van der Waals surface area contributed by atoms with Crippen molar-refractivity contribution in [1.29, 1.82) is 0 Å². The lowest BCUT2D eigenvalue weighted by Gasteiger charge is -2.11. The molecule has 0 aliphatic heterocycles. The average molecular weight is 352 g/mol. The van der Waals surface area contributed by atoms with Gasteiger partial charge in [0.05, 0.1) is 6.54 Å². The van der Waals surface area contributed by atoms with Crippen molar-refractivity contribution >= 4 is 5.91 Å². The summed E-state index contributed by atoms with van der Waals surface area (Å²) < 4.78 is 6.17. The molecule has 1 amide bonds. The first-order chi connectivity index (χ1) is 12.6. The van der Waals surface area contributed by atoms with E-state index >= 15 is 0 Å². The van der Waals surface area contributed by atoms with Gasteiger partial charge in [0.25, 0.3) is 11.5 Å². The normalized spacial score (nSPS) is 10.7. The van der Waals surface area contributed by atoms with Crippen molar-refractivity contribution in [2.24, 2.45) is 0 Å². The summed E-state index contributed by atoms with van der Waals surface area (Å²) in [4.78, 5) is 25.3. The van der Waals surface area contributed by atoms with Crippen LogP contribution in [0.15, 0.2) is 52.0 Å². The zero-order valence-electron chi connectivity index (χ0n) is 14.7. The van der Waals surface area contributed by atoms with Crippen LogP contribution >= 0.6 is 0 Å². The van der Waals surface area contributed by atoms with E-state index in [0.717, 1.165) is 5.56 Å². The van der Waals surface area contributed by atoms with Crippen molar-refractivity contribution in [3.63, 3.8) is 0 Å². The lowest BCUT2D eigenvalue weighted by atomic mass is 10.1. The van der Waals surface area contributed by atoms with Crippen molar-refractivity contribution in [2.45, 2.75) is 33.4 Å². The fourth-order valence-electron chi connectivity index (χ4n) is 2.67. The Morgan fingerprint density at radius 1 is 1.15 bits per heavy atom. The number of amides is 1. The molecule has 3 aromatic rings. The number of nitrogens with one attached hydrogen (secondary N) is 1. The van der Waals surface area contributed by atoms with Crippen LogP contribution in [0.1, 0.15) is 32.9 Å². The molecule has 0 bridgehead atoms. The number of rotatable bonds is 6. The first-order valence-corrected chi connectivity index (χ1v) is 8.36. The van der Waals surface area contributed by atoms with Gasteiger partial charge in [-0.1, -0.05) is 40.6 Å². The van der Waals surface area contributed by atoms with Crippen LogP contribution in [0.2, 0.25) is 0 Å². The Bertz CT molecular complexity index is 960. The first-order valence-electron chi connectivity index (χ1n) is 8.36. The van der Waals surface area contributed by atoms with Crippen molar-refractivity contribution in [1.82, 2.24) is 20.2 Å². The van der Waals surface area contributed by atoms with Gasteiger partial charge in [-0.25, -0.2) is 4.63 Å². The zero-order chi connectivity index (χ0) is 18.5. The molecule has 26 heavy (non-hydrogen) atoms. The van der Waals surface area contributed by atoms with E-state index in [1.165, 1.54) is 0 Å². The smallest absolute Gasteiger partial charge is 0.263 e. The molecule has 0 saturated carbocycles. The molecule has 134 valence electrons. The summed E-state index contributed by atoms with van der Waals surface area (Å²) in [6.07, 6.45) is 2.44. The van der Waals surface area contributed by atoms with Crippen LogP contribution in [0.4, 0.5) is 0 Å². The number of carbonyl (C=O) groups excluding carboxylic acids is 1. The molecule has 0 atom stereocenters. The summed E-state index contributed by atoms with van der Waals surface area (Å²) >= 11 is 0. The van der Waals surface area contributed by atoms with Crippen LogP contribution in [0, 0.1) is 13.8 Å². The zero-order valence-corrected chi connectivity index (χ0v) is 14.7. The van der Waals surface area contributed by atoms with Crippen molar-refractivity contribution in [2.75, 3.05) is 0 Å². The number of aromatic nitrogens is 3. The van der Waals surface area contributed by atoms with Crippen LogP contribution in [0.3, 0.4) is 0 Å². The third-order valence-corrected chi connectivity index (χ3v) is 4.25. The minimum atomic E-state index is -0.427. The molecule has 7 heteroatoms. The quantitative estimate of drug-likeness (QED) is 0.733. The highest BCUT2D eigenvalue weighted by Gasteiger charge is 2.16. The Labute approximate surface area is 150 Å². The Morgan fingerprint density at radius 2 is 1.92 bits per heavy atom. The SMILES string of the molecule is Cc1ccn(CCc2ccccc2)c(=O)c1C(=O)NCc1nonc1C. The summed E-state index contributed by atoms with van der Waals surface area (Å²) in [7, 11) is 0. The van der Waals surface area contributed by atoms with Gasteiger partial charge >= 0.3 is 0 Å². The van der Waals surface area contributed by atoms with Crippen molar-refractivity contribution in [3.8, 4) is 0 Å². The van der Waals surface area contributed by atoms with E-state index in [1.807, 2.05) is 30.3 Å². The second-order valence-corrected chi connectivity index (χ2v) is 6.09. The monoisotopic (exact) mass is 352 g/mol. The van der Waals surface area contributed by atoms with E-state index in [1.54, 1.807) is 30.7 Å². The maximum Gasteiger partial charge on any atom is 0.263 e. The summed E-state index contributed by atoms with van der Waals surface area (Å²) in [5, 5.41) is 10.1. The van der Waals surface area contributed by atoms with E-state index in [0.29, 0.717) is 29.9 Å². The van der Waals surface area contributed by atoms with E-state index in [9.17, 15) is 9.59 Å². The number of hydrogen-bond donors (Lipinski definition) is 1. The first kappa shape index (κ1) is 17.6. The maximum atomic E-state index is 12.7. The summed E-state index contributed by atoms with van der Waals surface area (Å²) in [6, 6.07) is 11.7. The maximum absolute atomic E-state index is 12.7. The number of benzene rings is 1. The molecule has 0 unspecified atom stereocenters. The molecule has 0 aliphatic rings. The standard InChI is InChI=1S/C19H20N4O3/c1-13-8-10-23(11-9-15-6-4-3-5-7-15)19(25)17(13)18(24)20-12-16-14(2)21-26-22-16/h3-8,10H,9,11-12H2,1-2H3,(H,20,24). The minimum Gasteiger partial charge on any atom is -0.346 e. The van der Waals surface area contributed by atoms with Crippen molar-refractivity contribution < 1.29 is 9.42 Å². The molecule has 0 aliphatic carbocycles. The van der Waals surface area contributed by atoms with Crippen LogP contribution in [0.5, 0.6) is 0 Å². The van der Waals surface area contributed by atoms with E-state index in [-0.39, 0.29) is 17.7 Å². The second-order valence-electron chi connectivity index (χ2n) is 6.09. The molecule has 0 fully saturated rings. The van der Waals surface area contributed by atoms with E-state index < -0.39 is 5.91 Å². The van der Waals surface area contributed by atoms with Gasteiger partial charge < -0.3 is 9.88 Å². The topological polar surface area (TPSA) is 90.0 Å². The van der Waals surface area contributed by atoms with Gasteiger partial charge in [0.15, 0.2) is 0 Å². The highest BCUT2D eigenvalue weighted by molar-refractivity contribution is 5.95. The highest BCUT2D eigenvalue weighted by atomic mass is 16.6. The number of aryl methyl sites for hydroxylation is 4. The molecule has 0 radical (unpaired) electrons. The lowest BCUT2D eigenvalue weighted by Crippen LogP contribution is -2.34. The van der Waals surface area contributed by atoms with Gasteiger partial charge in [0.2, 0.25) is 0 Å². The summed E-state index contributed by atoms with van der Waals surface area (Å²) in [6.45, 7) is 4.16.